The van der Waals surface area contributed by atoms with E-state index in [2.05, 4.69) is 14.7 Å². The second-order valence-corrected chi connectivity index (χ2v) is 7.09. The summed E-state index contributed by atoms with van der Waals surface area (Å²) in [6.45, 7) is 0.888. The third-order valence-electron chi connectivity index (χ3n) is 3.74. The van der Waals surface area contributed by atoms with Crippen LogP contribution in [0, 0.1) is 0 Å². The molecular weight excluding hydrogens is 316 g/mol. The van der Waals surface area contributed by atoms with Gasteiger partial charge in [-0.25, -0.2) is 13.1 Å². The first kappa shape index (κ1) is 15.7. The maximum absolute atomic E-state index is 12.4. The van der Waals surface area contributed by atoms with Gasteiger partial charge in [-0.3, -0.25) is 4.79 Å². The number of nitrogens with one attached hydrogen (secondary N) is 3. The van der Waals surface area contributed by atoms with Crippen molar-refractivity contribution >= 4 is 31.8 Å². The van der Waals surface area contributed by atoms with Gasteiger partial charge in [-0.2, -0.15) is 0 Å². The third-order valence-corrected chi connectivity index (χ3v) is 5.20. The van der Waals surface area contributed by atoms with Gasteiger partial charge < -0.3 is 15.7 Å². The summed E-state index contributed by atoms with van der Waals surface area (Å²) in [4.78, 5) is 17.7. The van der Waals surface area contributed by atoms with Crippen LogP contribution in [-0.4, -0.2) is 31.5 Å². The molecule has 8 heteroatoms. The summed E-state index contributed by atoms with van der Waals surface area (Å²) in [5, 5.41) is 1.38. The van der Waals surface area contributed by atoms with Gasteiger partial charge in [0, 0.05) is 29.0 Å². The van der Waals surface area contributed by atoms with E-state index in [1.165, 1.54) is 6.07 Å². The molecule has 0 aliphatic carbocycles. The van der Waals surface area contributed by atoms with E-state index in [0.717, 1.165) is 6.42 Å². The number of hydrogen-bond donors (Lipinski definition) is 4. The van der Waals surface area contributed by atoms with Crippen LogP contribution in [0.4, 0.5) is 0 Å². The molecule has 3 aromatic rings. The van der Waals surface area contributed by atoms with Crippen LogP contribution in [-0.2, 0) is 10.0 Å². The molecule has 122 valence electrons. The number of H-pyrrole nitrogens is 2. The molecule has 0 bridgehead atoms. The number of benzene rings is 1. The number of unbranched alkanes of at least 4 members (excludes halogenated alkanes) is 1. The Morgan fingerprint density at radius 2 is 1.96 bits per heavy atom. The number of fused-ring (bicyclic) bond motifs is 3. The number of nitrogens with two attached hydrogens (primary N) is 1. The SMILES string of the molecule is NCCCCNS(=O)(=O)c1ccc2[nH]c(=O)c3[nH]ccc3c2c1. The molecule has 3 rings (SSSR count). The van der Waals surface area contributed by atoms with Crippen LogP contribution in [0.5, 0.6) is 0 Å². The molecule has 0 aliphatic rings. The van der Waals surface area contributed by atoms with Gasteiger partial charge in [0.05, 0.1) is 4.90 Å². The molecule has 0 aliphatic heterocycles. The van der Waals surface area contributed by atoms with Gasteiger partial charge >= 0.3 is 0 Å². The molecule has 0 radical (unpaired) electrons. The predicted molar refractivity (Wildman–Crippen MR) is 89.9 cm³/mol. The summed E-state index contributed by atoms with van der Waals surface area (Å²) in [5.41, 5.74) is 6.20. The first-order chi connectivity index (χ1) is 11.0. The van der Waals surface area contributed by atoms with Crippen LogP contribution in [0.2, 0.25) is 0 Å². The number of aromatic amines is 2. The smallest absolute Gasteiger partial charge is 0.272 e. The number of pyridine rings is 1. The van der Waals surface area contributed by atoms with Crippen LogP contribution < -0.4 is 16.0 Å². The Morgan fingerprint density at radius 1 is 1.13 bits per heavy atom. The summed E-state index contributed by atoms with van der Waals surface area (Å²) in [6.07, 6.45) is 3.12. The Balaban J connectivity index is 2.02. The summed E-state index contributed by atoms with van der Waals surface area (Å²) in [6, 6.07) is 6.43. The van der Waals surface area contributed by atoms with Gasteiger partial charge in [0.1, 0.15) is 5.52 Å². The Morgan fingerprint density at radius 3 is 2.74 bits per heavy atom. The van der Waals surface area contributed by atoms with E-state index in [1.807, 2.05) is 0 Å². The fraction of sp³-hybridized carbons (Fsp3) is 0.267. The fourth-order valence-corrected chi connectivity index (χ4v) is 3.65. The highest BCUT2D eigenvalue weighted by Crippen LogP contribution is 2.23. The van der Waals surface area contributed by atoms with Crippen molar-refractivity contribution in [2.75, 3.05) is 13.1 Å². The van der Waals surface area contributed by atoms with Gasteiger partial charge in [-0.05, 0) is 43.7 Å². The van der Waals surface area contributed by atoms with E-state index in [1.54, 1.807) is 24.4 Å². The number of sulfonamides is 1. The van der Waals surface area contributed by atoms with Gasteiger partial charge in [-0.15, -0.1) is 0 Å². The van der Waals surface area contributed by atoms with E-state index in [9.17, 15) is 13.2 Å². The van der Waals surface area contributed by atoms with Gasteiger partial charge in [0.15, 0.2) is 0 Å². The first-order valence-electron chi connectivity index (χ1n) is 7.36. The number of rotatable bonds is 6. The van der Waals surface area contributed by atoms with Crippen molar-refractivity contribution in [3.8, 4) is 0 Å². The number of aromatic nitrogens is 2. The molecule has 0 spiro atoms. The minimum Gasteiger partial charge on any atom is -0.357 e. The van der Waals surface area contributed by atoms with E-state index in [4.69, 9.17) is 5.73 Å². The molecule has 0 fully saturated rings. The van der Waals surface area contributed by atoms with Crippen LogP contribution in [0.1, 0.15) is 12.8 Å². The molecule has 23 heavy (non-hydrogen) atoms. The highest BCUT2D eigenvalue weighted by Gasteiger charge is 2.15. The van der Waals surface area contributed by atoms with Crippen LogP contribution in [0.15, 0.2) is 40.2 Å². The second-order valence-electron chi connectivity index (χ2n) is 5.32. The molecule has 0 amide bonds. The van der Waals surface area contributed by atoms with Crippen molar-refractivity contribution < 1.29 is 8.42 Å². The normalized spacial score (nSPS) is 12.2. The minimum atomic E-state index is -3.59. The standard InChI is InChI=1S/C15H18N4O3S/c16-6-1-2-7-18-23(21,22)10-3-4-13-12(9-10)11-5-8-17-14(11)15(20)19-13/h3-5,8-9,17-18H,1-2,6-7,16H2,(H,19,20). The summed E-state index contributed by atoms with van der Waals surface area (Å²) in [7, 11) is -3.59. The second kappa shape index (κ2) is 6.15. The Bertz CT molecular complexity index is 1000. The van der Waals surface area contributed by atoms with Crippen LogP contribution in [0.25, 0.3) is 21.8 Å². The van der Waals surface area contributed by atoms with E-state index < -0.39 is 10.0 Å². The average Bonchev–Trinajstić information content (AvgIpc) is 3.02. The number of hydrogen-bond acceptors (Lipinski definition) is 4. The molecule has 7 nitrogen and oxygen atoms in total. The third kappa shape index (κ3) is 3.00. The maximum atomic E-state index is 12.4. The van der Waals surface area contributed by atoms with Crippen molar-refractivity contribution in [2.45, 2.75) is 17.7 Å². The quantitative estimate of drug-likeness (QED) is 0.503. The zero-order valence-electron chi connectivity index (χ0n) is 12.4. The van der Waals surface area contributed by atoms with Crippen molar-refractivity contribution in [1.29, 1.82) is 0 Å². The fourth-order valence-electron chi connectivity index (χ4n) is 2.55. The van der Waals surface area contributed by atoms with Gasteiger partial charge in [0.2, 0.25) is 10.0 Å². The van der Waals surface area contributed by atoms with E-state index >= 15 is 0 Å². The molecule has 1 aromatic carbocycles. The molecule has 2 heterocycles. The van der Waals surface area contributed by atoms with Crippen molar-refractivity contribution in [3.05, 3.63) is 40.8 Å². The van der Waals surface area contributed by atoms with Gasteiger partial charge in [0.25, 0.3) is 5.56 Å². The molecule has 0 saturated carbocycles. The summed E-state index contributed by atoms with van der Waals surface area (Å²) < 4.78 is 27.3. The molecule has 0 atom stereocenters. The monoisotopic (exact) mass is 334 g/mol. The highest BCUT2D eigenvalue weighted by molar-refractivity contribution is 7.89. The largest absolute Gasteiger partial charge is 0.357 e. The summed E-state index contributed by atoms with van der Waals surface area (Å²) >= 11 is 0. The zero-order chi connectivity index (χ0) is 16.4. The van der Waals surface area contributed by atoms with Crippen molar-refractivity contribution in [2.24, 2.45) is 5.73 Å². The lowest BCUT2D eigenvalue weighted by molar-refractivity contribution is 0.577. The topological polar surface area (TPSA) is 121 Å². The molecule has 0 unspecified atom stereocenters. The average molecular weight is 334 g/mol. The van der Waals surface area contributed by atoms with Crippen LogP contribution >= 0.6 is 0 Å². The van der Waals surface area contributed by atoms with E-state index in [0.29, 0.717) is 41.3 Å². The zero-order valence-corrected chi connectivity index (χ0v) is 13.2. The molecule has 0 saturated heterocycles. The predicted octanol–water partition coefficient (Wildman–Crippen LogP) is 1.03. The summed E-state index contributed by atoms with van der Waals surface area (Å²) in [5.74, 6) is 0. The Kier molecular flexibility index (Phi) is 4.20. The maximum Gasteiger partial charge on any atom is 0.272 e. The lowest BCUT2D eigenvalue weighted by atomic mass is 10.1. The highest BCUT2D eigenvalue weighted by atomic mass is 32.2. The first-order valence-corrected chi connectivity index (χ1v) is 8.84. The van der Waals surface area contributed by atoms with E-state index in [-0.39, 0.29) is 10.5 Å². The minimum absolute atomic E-state index is 0.173. The Labute approximate surface area is 132 Å². The lowest BCUT2D eigenvalue weighted by Crippen LogP contribution is -2.25. The van der Waals surface area contributed by atoms with Crippen LogP contribution in [0.3, 0.4) is 0 Å². The molecule has 5 N–H and O–H groups in total. The van der Waals surface area contributed by atoms with Crippen molar-refractivity contribution in [3.63, 3.8) is 0 Å². The molecule has 2 aromatic heterocycles. The molecular formula is C15H18N4O3S. The van der Waals surface area contributed by atoms with Crippen molar-refractivity contribution in [1.82, 2.24) is 14.7 Å². The Hall–Kier alpha value is -2.16. The van der Waals surface area contributed by atoms with Gasteiger partial charge in [-0.1, -0.05) is 0 Å². The lowest BCUT2D eigenvalue weighted by Gasteiger charge is -2.08.